The van der Waals surface area contributed by atoms with Crippen molar-refractivity contribution < 1.29 is 14.3 Å². The molecule has 0 unspecified atom stereocenters. The second-order valence-electron chi connectivity index (χ2n) is 8.27. The number of carbonyl (C=O) groups is 1. The fourth-order valence-electron chi connectivity index (χ4n) is 2.87. The van der Waals surface area contributed by atoms with E-state index in [1.165, 1.54) is 38.5 Å². The van der Waals surface area contributed by atoms with Gasteiger partial charge in [0.05, 0.1) is 6.61 Å². The minimum atomic E-state index is -0.428. The predicted molar refractivity (Wildman–Crippen MR) is 116 cm³/mol. The first kappa shape index (κ1) is 24.2. The topological polar surface area (TPSA) is 35.5 Å². The Morgan fingerprint density at radius 1 is 1.00 bits per heavy atom. The molecule has 28 heavy (non-hydrogen) atoms. The molecule has 1 rings (SSSR count). The van der Waals surface area contributed by atoms with Crippen molar-refractivity contribution in [1.82, 2.24) is 0 Å². The number of hydrogen-bond donors (Lipinski definition) is 0. The molecule has 3 nitrogen and oxygen atoms in total. The van der Waals surface area contributed by atoms with Crippen LogP contribution in [0.3, 0.4) is 0 Å². The summed E-state index contributed by atoms with van der Waals surface area (Å²) >= 11 is 0. The Labute approximate surface area is 172 Å². The quantitative estimate of drug-likeness (QED) is 0.243. The first-order chi connectivity index (χ1) is 13.4. The van der Waals surface area contributed by atoms with Gasteiger partial charge in [0.25, 0.3) is 0 Å². The van der Waals surface area contributed by atoms with Gasteiger partial charge in [-0.3, -0.25) is 4.79 Å². The standard InChI is InChI=1S/C25H38O3/c1-5-6-7-8-9-10-11-12-13-19-27-21-23-16-14-15-22(20-23)17-18-24(26)28-25(2,3)4/h14-16,20H,5-11,17-19,21H2,1-4H3. The van der Waals surface area contributed by atoms with Crippen molar-refractivity contribution in [2.45, 2.75) is 97.7 Å². The summed E-state index contributed by atoms with van der Waals surface area (Å²) in [5.41, 5.74) is 1.81. The number of unbranched alkanes of at least 4 members (excludes halogenated alkanes) is 6. The normalized spacial score (nSPS) is 11.0. The molecule has 156 valence electrons. The molecule has 0 fully saturated rings. The zero-order valence-electron chi connectivity index (χ0n) is 18.3. The Kier molecular flexibility index (Phi) is 12.3. The van der Waals surface area contributed by atoms with Gasteiger partial charge in [0, 0.05) is 12.8 Å². The van der Waals surface area contributed by atoms with E-state index in [0.29, 0.717) is 26.1 Å². The van der Waals surface area contributed by atoms with Gasteiger partial charge in [-0.15, -0.1) is 5.92 Å². The molecule has 0 saturated carbocycles. The summed E-state index contributed by atoms with van der Waals surface area (Å²) < 4.78 is 11.0. The molecule has 3 heteroatoms. The van der Waals surface area contributed by atoms with E-state index in [9.17, 15) is 4.79 Å². The van der Waals surface area contributed by atoms with Crippen LogP contribution in [0.4, 0.5) is 0 Å². The van der Waals surface area contributed by atoms with E-state index >= 15 is 0 Å². The second kappa shape index (κ2) is 14.2. The molecule has 0 bridgehead atoms. The zero-order chi connectivity index (χ0) is 20.7. The van der Waals surface area contributed by atoms with Gasteiger partial charge < -0.3 is 9.47 Å². The third-order valence-corrected chi connectivity index (χ3v) is 4.25. The SMILES string of the molecule is CCCCCCCCC#CCOCc1cccc(CCC(=O)OC(C)(C)C)c1. The van der Waals surface area contributed by atoms with E-state index in [1.807, 2.05) is 39.0 Å². The van der Waals surface area contributed by atoms with Crippen LogP contribution in [0.1, 0.15) is 90.2 Å². The fourth-order valence-corrected chi connectivity index (χ4v) is 2.87. The molecule has 0 aliphatic rings. The number of hydrogen-bond acceptors (Lipinski definition) is 3. The molecule has 0 N–H and O–H groups in total. The summed E-state index contributed by atoms with van der Waals surface area (Å²) in [6, 6.07) is 8.18. The van der Waals surface area contributed by atoms with Gasteiger partial charge in [-0.05, 0) is 44.7 Å². The summed E-state index contributed by atoms with van der Waals surface area (Å²) in [5.74, 6) is 6.14. The van der Waals surface area contributed by atoms with Crippen molar-refractivity contribution in [3.8, 4) is 11.8 Å². The fraction of sp³-hybridized carbons (Fsp3) is 0.640. The highest BCUT2D eigenvalue weighted by Crippen LogP contribution is 2.12. The molecule has 1 aromatic rings. The van der Waals surface area contributed by atoms with Crippen molar-refractivity contribution in [2.24, 2.45) is 0 Å². The largest absolute Gasteiger partial charge is 0.460 e. The zero-order valence-corrected chi connectivity index (χ0v) is 18.3. The molecule has 0 amide bonds. The lowest BCUT2D eigenvalue weighted by molar-refractivity contribution is -0.154. The summed E-state index contributed by atoms with van der Waals surface area (Å²) in [6.45, 7) is 8.92. The van der Waals surface area contributed by atoms with E-state index in [-0.39, 0.29) is 5.97 Å². The van der Waals surface area contributed by atoms with Gasteiger partial charge in [0.1, 0.15) is 12.2 Å². The van der Waals surface area contributed by atoms with Crippen molar-refractivity contribution in [3.63, 3.8) is 0 Å². The maximum atomic E-state index is 11.8. The first-order valence-electron chi connectivity index (χ1n) is 10.7. The van der Waals surface area contributed by atoms with E-state index < -0.39 is 5.60 Å². The van der Waals surface area contributed by atoms with Crippen molar-refractivity contribution in [1.29, 1.82) is 0 Å². The molecule has 0 aliphatic carbocycles. The van der Waals surface area contributed by atoms with Gasteiger partial charge in [0.2, 0.25) is 0 Å². The minimum Gasteiger partial charge on any atom is -0.460 e. The van der Waals surface area contributed by atoms with Crippen LogP contribution in [-0.4, -0.2) is 18.2 Å². The monoisotopic (exact) mass is 386 g/mol. The molecule has 0 atom stereocenters. The third-order valence-electron chi connectivity index (χ3n) is 4.25. The third kappa shape index (κ3) is 13.4. The van der Waals surface area contributed by atoms with Crippen LogP contribution in [0.15, 0.2) is 24.3 Å². The number of aryl methyl sites for hydroxylation is 1. The van der Waals surface area contributed by atoms with Crippen LogP contribution in [-0.2, 0) is 27.3 Å². The molecule has 0 aliphatic heterocycles. The number of esters is 1. The van der Waals surface area contributed by atoms with Crippen molar-refractivity contribution in [3.05, 3.63) is 35.4 Å². The summed E-state index contributed by atoms with van der Waals surface area (Å²) in [5, 5.41) is 0. The molecular weight excluding hydrogens is 348 g/mol. The highest BCUT2D eigenvalue weighted by molar-refractivity contribution is 5.70. The van der Waals surface area contributed by atoms with Gasteiger partial charge >= 0.3 is 5.97 Å². The van der Waals surface area contributed by atoms with E-state index in [4.69, 9.17) is 9.47 Å². The Bertz CT molecular complexity index is 617. The molecule has 0 spiro atoms. The number of benzene rings is 1. The average Bonchev–Trinajstić information content (AvgIpc) is 2.63. The molecule has 0 aromatic heterocycles. The summed E-state index contributed by atoms with van der Waals surface area (Å²) in [6.07, 6.45) is 9.84. The van der Waals surface area contributed by atoms with Crippen LogP contribution in [0.2, 0.25) is 0 Å². The maximum absolute atomic E-state index is 11.8. The molecule has 1 aromatic carbocycles. The van der Waals surface area contributed by atoms with E-state index in [0.717, 1.165) is 17.5 Å². The Morgan fingerprint density at radius 3 is 2.46 bits per heavy atom. The van der Waals surface area contributed by atoms with E-state index in [1.54, 1.807) is 0 Å². The maximum Gasteiger partial charge on any atom is 0.306 e. The van der Waals surface area contributed by atoms with Crippen molar-refractivity contribution >= 4 is 5.97 Å². The Morgan fingerprint density at radius 2 is 1.71 bits per heavy atom. The van der Waals surface area contributed by atoms with E-state index in [2.05, 4.69) is 24.8 Å². The Balaban J connectivity index is 2.20. The Hall–Kier alpha value is -1.79. The number of ether oxygens (including phenoxy) is 2. The smallest absolute Gasteiger partial charge is 0.306 e. The lowest BCUT2D eigenvalue weighted by Gasteiger charge is -2.19. The van der Waals surface area contributed by atoms with Crippen LogP contribution in [0.25, 0.3) is 0 Å². The van der Waals surface area contributed by atoms with Crippen LogP contribution < -0.4 is 0 Å². The van der Waals surface area contributed by atoms with Crippen molar-refractivity contribution in [2.75, 3.05) is 6.61 Å². The summed E-state index contributed by atoms with van der Waals surface area (Å²) in [4.78, 5) is 11.8. The molecular formula is C25H38O3. The highest BCUT2D eigenvalue weighted by atomic mass is 16.6. The lowest BCUT2D eigenvalue weighted by Crippen LogP contribution is -2.24. The van der Waals surface area contributed by atoms with Gasteiger partial charge in [-0.2, -0.15) is 0 Å². The molecule has 0 radical (unpaired) electrons. The average molecular weight is 387 g/mol. The first-order valence-corrected chi connectivity index (χ1v) is 10.7. The molecule has 0 saturated heterocycles. The summed E-state index contributed by atoms with van der Waals surface area (Å²) in [7, 11) is 0. The highest BCUT2D eigenvalue weighted by Gasteiger charge is 2.15. The minimum absolute atomic E-state index is 0.158. The number of rotatable bonds is 12. The predicted octanol–water partition coefficient (Wildman–Crippen LogP) is 6.23. The van der Waals surface area contributed by atoms with Crippen LogP contribution >= 0.6 is 0 Å². The van der Waals surface area contributed by atoms with Gasteiger partial charge in [0.15, 0.2) is 0 Å². The van der Waals surface area contributed by atoms with Crippen LogP contribution in [0, 0.1) is 11.8 Å². The lowest BCUT2D eigenvalue weighted by atomic mass is 10.1. The molecule has 0 heterocycles. The van der Waals surface area contributed by atoms with Crippen LogP contribution in [0.5, 0.6) is 0 Å². The van der Waals surface area contributed by atoms with Gasteiger partial charge in [-0.1, -0.05) is 69.2 Å². The van der Waals surface area contributed by atoms with Gasteiger partial charge in [-0.25, -0.2) is 0 Å². The second-order valence-corrected chi connectivity index (χ2v) is 8.27. The number of carbonyl (C=O) groups excluding carboxylic acids is 1.